The molecule has 1 aromatic carbocycles. The van der Waals surface area contributed by atoms with Gasteiger partial charge >= 0.3 is 0 Å². The molecule has 1 aliphatic heterocycles. The summed E-state index contributed by atoms with van der Waals surface area (Å²) in [7, 11) is -3.19. The van der Waals surface area contributed by atoms with E-state index in [1.165, 1.54) is 18.6 Å². The van der Waals surface area contributed by atoms with Crippen molar-refractivity contribution in [3.05, 3.63) is 29.8 Å². The maximum Gasteiger partial charge on any atom is 0.179 e. The zero-order valence-electron chi connectivity index (χ0n) is 12.1. The molecule has 5 heteroatoms. The molecule has 112 valence electrons. The summed E-state index contributed by atoms with van der Waals surface area (Å²) in [6.07, 6.45) is 2.53. The second-order valence-corrected chi connectivity index (χ2v) is 8.98. The standard InChI is InChI=1S/C15H23NO2S2/c1-12-5-7-15(8-6-12)20(17,18)11-13(2)16-10-14-4-3-9-19-14/h5-8,13-14,16H,3-4,9-11H2,1-2H3/t13-,14-/m0/s1. The number of hydrogen-bond acceptors (Lipinski definition) is 4. The summed E-state index contributed by atoms with van der Waals surface area (Å²) in [5.41, 5.74) is 1.08. The molecule has 2 atom stereocenters. The summed E-state index contributed by atoms with van der Waals surface area (Å²) in [6.45, 7) is 4.82. The molecule has 0 aromatic heterocycles. The minimum atomic E-state index is -3.19. The number of aryl methyl sites for hydroxylation is 1. The number of nitrogens with one attached hydrogen (secondary N) is 1. The van der Waals surface area contributed by atoms with Crippen molar-refractivity contribution in [2.24, 2.45) is 0 Å². The molecule has 0 radical (unpaired) electrons. The van der Waals surface area contributed by atoms with E-state index in [4.69, 9.17) is 0 Å². The van der Waals surface area contributed by atoms with Crippen molar-refractivity contribution in [1.29, 1.82) is 0 Å². The highest BCUT2D eigenvalue weighted by Crippen LogP contribution is 2.25. The highest BCUT2D eigenvalue weighted by molar-refractivity contribution is 8.00. The van der Waals surface area contributed by atoms with Crippen molar-refractivity contribution < 1.29 is 8.42 Å². The molecule has 2 rings (SSSR count). The Hall–Kier alpha value is -0.520. The van der Waals surface area contributed by atoms with Crippen LogP contribution in [0.25, 0.3) is 0 Å². The normalized spacial score (nSPS) is 21.0. The van der Waals surface area contributed by atoms with Gasteiger partial charge in [0.15, 0.2) is 9.84 Å². The molecule has 1 fully saturated rings. The first-order valence-corrected chi connectivity index (χ1v) is 9.82. The average molecular weight is 313 g/mol. The molecule has 1 heterocycles. The van der Waals surface area contributed by atoms with E-state index in [1.54, 1.807) is 12.1 Å². The second kappa shape index (κ2) is 6.96. The minimum absolute atomic E-state index is 0.0116. The highest BCUT2D eigenvalue weighted by atomic mass is 32.2. The Morgan fingerprint density at radius 3 is 2.65 bits per heavy atom. The second-order valence-electron chi connectivity index (χ2n) is 5.54. The van der Waals surface area contributed by atoms with Gasteiger partial charge in [-0.15, -0.1) is 0 Å². The topological polar surface area (TPSA) is 46.2 Å². The molecule has 1 aromatic rings. The number of sulfone groups is 1. The van der Waals surface area contributed by atoms with Gasteiger partial charge in [-0.25, -0.2) is 8.42 Å². The third-order valence-corrected chi connectivity index (χ3v) is 6.89. The first kappa shape index (κ1) is 15.9. The Labute approximate surface area is 126 Å². The lowest BCUT2D eigenvalue weighted by atomic mass is 10.2. The van der Waals surface area contributed by atoms with Crippen LogP contribution in [0, 0.1) is 6.92 Å². The molecule has 0 aliphatic carbocycles. The Bertz CT molecular complexity index is 519. The summed E-state index contributed by atoms with van der Waals surface area (Å²) < 4.78 is 24.6. The van der Waals surface area contributed by atoms with Crippen LogP contribution in [0.15, 0.2) is 29.2 Å². The van der Waals surface area contributed by atoms with Crippen LogP contribution in [-0.4, -0.2) is 37.8 Å². The predicted molar refractivity (Wildman–Crippen MR) is 86.2 cm³/mol. The first-order chi connectivity index (χ1) is 9.47. The molecule has 1 N–H and O–H groups in total. The van der Waals surface area contributed by atoms with Gasteiger partial charge in [-0.1, -0.05) is 17.7 Å². The van der Waals surface area contributed by atoms with Gasteiger partial charge in [-0.3, -0.25) is 0 Å². The number of benzene rings is 1. The third-order valence-electron chi connectivity index (χ3n) is 3.57. The Kier molecular flexibility index (Phi) is 5.52. The first-order valence-electron chi connectivity index (χ1n) is 7.12. The molecule has 1 aliphatic rings. The van der Waals surface area contributed by atoms with Crippen LogP contribution in [0.3, 0.4) is 0 Å². The minimum Gasteiger partial charge on any atom is -0.312 e. The van der Waals surface area contributed by atoms with E-state index in [0.29, 0.717) is 10.1 Å². The van der Waals surface area contributed by atoms with Crippen LogP contribution in [-0.2, 0) is 9.84 Å². The van der Waals surface area contributed by atoms with E-state index in [9.17, 15) is 8.42 Å². The zero-order valence-corrected chi connectivity index (χ0v) is 13.8. The predicted octanol–water partition coefficient (Wildman–Crippen LogP) is 2.64. The monoisotopic (exact) mass is 313 g/mol. The fraction of sp³-hybridized carbons (Fsp3) is 0.600. The van der Waals surface area contributed by atoms with Gasteiger partial charge in [0.1, 0.15) is 0 Å². The Morgan fingerprint density at radius 2 is 2.05 bits per heavy atom. The largest absolute Gasteiger partial charge is 0.312 e. The maximum absolute atomic E-state index is 12.3. The molecular weight excluding hydrogens is 290 g/mol. The molecule has 0 unspecified atom stereocenters. The quantitative estimate of drug-likeness (QED) is 0.877. The van der Waals surface area contributed by atoms with Crippen molar-refractivity contribution >= 4 is 21.6 Å². The van der Waals surface area contributed by atoms with E-state index in [2.05, 4.69) is 5.32 Å². The Balaban J connectivity index is 1.88. The van der Waals surface area contributed by atoms with Crippen molar-refractivity contribution in [2.45, 2.75) is 42.9 Å². The van der Waals surface area contributed by atoms with Crippen LogP contribution in [0.5, 0.6) is 0 Å². The SMILES string of the molecule is Cc1ccc(S(=O)(=O)C[C@H](C)NC[C@@H]2CCCS2)cc1. The van der Waals surface area contributed by atoms with Crippen molar-refractivity contribution in [2.75, 3.05) is 18.1 Å². The molecule has 0 bridgehead atoms. The summed E-state index contributed by atoms with van der Waals surface area (Å²) in [4.78, 5) is 0.423. The van der Waals surface area contributed by atoms with Gasteiger partial charge in [0.2, 0.25) is 0 Å². The molecule has 3 nitrogen and oxygen atoms in total. The molecule has 0 saturated carbocycles. The molecular formula is C15H23NO2S2. The van der Waals surface area contributed by atoms with E-state index >= 15 is 0 Å². The van der Waals surface area contributed by atoms with Crippen LogP contribution in [0.2, 0.25) is 0 Å². The van der Waals surface area contributed by atoms with Gasteiger partial charge in [-0.2, -0.15) is 11.8 Å². The fourth-order valence-corrected chi connectivity index (χ4v) is 5.10. The van der Waals surface area contributed by atoms with Crippen LogP contribution >= 0.6 is 11.8 Å². The Morgan fingerprint density at radius 1 is 1.35 bits per heavy atom. The van der Waals surface area contributed by atoms with Gasteiger partial charge < -0.3 is 5.32 Å². The summed E-state index contributed by atoms with van der Waals surface area (Å²) in [5.74, 6) is 1.40. The fourth-order valence-electron chi connectivity index (χ4n) is 2.37. The summed E-state index contributed by atoms with van der Waals surface area (Å²) in [6, 6.07) is 7.08. The molecule has 1 saturated heterocycles. The van der Waals surface area contributed by atoms with Crippen molar-refractivity contribution in [1.82, 2.24) is 5.32 Å². The molecule has 0 amide bonds. The van der Waals surface area contributed by atoms with Crippen molar-refractivity contribution in [3.8, 4) is 0 Å². The smallest absolute Gasteiger partial charge is 0.179 e. The number of thioether (sulfide) groups is 1. The van der Waals surface area contributed by atoms with Crippen LogP contribution in [0.1, 0.15) is 25.3 Å². The van der Waals surface area contributed by atoms with E-state index in [1.807, 2.05) is 37.7 Å². The number of rotatable bonds is 6. The van der Waals surface area contributed by atoms with Gasteiger partial charge in [0.05, 0.1) is 10.6 Å². The van der Waals surface area contributed by atoms with Gasteiger partial charge in [-0.05, 0) is 44.6 Å². The molecule has 0 spiro atoms. The maximum atomic E-state index is 12.3. The lowest BCUT2D eigenvalue weighted by Crippen LogP contribution is -2.36. The van der Waals surface area contributed by atoms with E-state index in [0.717, 1.165) is 12.1 Å². The van der Waals surface area contributed by atoms with Gasteiger partial charge in [0, 0.05) is 17.8 Å². The van der Waals surface area contributed by atoms with Crippen LogP contribution in [0.4, 0.5) is 0 Å². The average Bonchev–Trinajstić information content (AvgIpc) is 2.89. The van der Waals surface area contributed by atoms with Crippen LogP contribution < -0.4 is 5.32 Å². The van der Waals surface area contributed by atoms with E-state index in [-0.39, 0.29) is 11.8 Å². The van der Waals surface area contributed by atoms with Gasteiger partial charge in [0.25, 0.3) is 0 Å². The number of hydrogen-bond donors (Lipinski definition) is 1. The third kappa shape index (κ3) is 4.50. The zero-order chi connectivity index (χ0) is 14.6. The molecule has 20 heavy (non-hydrogen) atoms. The van der Waals surface area contributed by atoms with Crippen molar-refractivity contribution in [3.63, 3.8) is 0 Å². The highest BCUT2D eigenvalue weighted by Gasteiger charge is 2.20. The summed E-state index contributed by atoms with van der Waals surface area (Å²) >= 11 is 1.99. The van der Waals surface area contributed by atoms with E-state index < -0.39 is 9.84 Å². The lowest BCUT2D eigenvalue weighted by molar-refractivity contribution is 0.549. The summed E-state index contributed by atoms with van der Waals surface area (Å²) in [5, 5.41) is 4.01. The lowest BCUT2D eigenvalue weighted by Gasteiger charge is -2.17.